The zero-order chi connectivity index (χ0) is 19.6. The molecule has 1 fully saturated rings. The van der Waals surface area contributed by atoms with Gasteiger partial charge in [0, 0.05) is 19.5 Å². The lowest BCUT2D eigenvalue weighted by Crippen LogP contribution is -2.58. The van der Waals surface area contributed by atoms with Gasteiger partial charge in [-0.25, -0.2) is 17.9 Å². The number of hydrogen-bond donors (Lipinski definition) is 2. The molecule has 0 aromatic heterocycles. The Morgan fingerprint density at radius 3 is 2.59 bits per heavy atom. The minimum absolute atomic E-state index is 0.182. The second-order valence-electron chi connectivity index (χ2n) is 6.18. The highest BCUT2D eigenvalue weighted by atomic mass is 32.2. The molecule has 1 aliphatic heterocycles. The van der Waals surface area contributed by atoms with Crippen molar-refractivity contribution in [1.82, 2.24) is 10.2 Å². The van der Waals surface area contributed by atoms with Gasteiger partial charge in [-0.2, -0.15) is 0 Å². The molecule has 7 nitrogen and oxygen atoms in total. The van der Waals surface area contributed by atoms with Gasteiger partial charge in [-0.1, -0.05) is 30.3 Å². The fourth-order valence-electron chi connectivity index (χ4n) is 3.00. The Hall–Kier alpha value is -2.78. The van der Waals surface area contributed by atoms with Crippen molar-refractivity contribution in [3.8, 4) is 0 Å². The number of primary sulfonamides is 1. The van der Waals surface area contributed by atoms with Crippen LogP contribution in [-0.4, -0.2) is 44.3 Å². The van der Waals surface area contributed by atoms with E-state index in [4.69, 9.17) is 5.14 Å². The quantitative estimate of drug-likeness (QED) is 0.798. The van der Waals surface area contributed by atoms with Crippen molar-refractivity contribution in [3.63, 3.8) is 0 Å². The molecular formula is C18H18FN3O4S. The van der Waals surface area contributed by atoms with Crippen LogP contribution in [0.3, 0.4) is 0 Å². The summed E-state index contributed by atoms with van der Waals surface area (Å²) in [4.78, 5) is 26.2. The second-order valence-corrected chi connectivity index (χ2v) is 7.74. The summed E-state index contributed by atoms with van der Waals surface area (Å²) >= 11 is 0. The van der Waals surface area contributed by atoms with Crippen molar-refractivity contribution in [2.45, 2.75) is 17.4 Å². The highest BCUT2D eigenvalue weighted by molar-refractivity contribution is 7.89. The van der Waals surface area contributed by atoms with Crippen LogP contribution >= 0.6 is 0 Å². The molecular weight excluding hydrogens is 373 g/mol. The normalized spacial score (nSPS) is 17.5. The first-order valence-corrected chi connectivity index (χ1v) is 9.77. The van der Waals surface area contributed by atoms with Gasteiger partial charge in [0.25, 0.3) is 5.91 Å². The van der Waals surface area contributed by atoms with Crippen molar-refractivity contribution in [1.29, 1.82) is 0 Å². The Balaban J connectivity index is 1.95. The average molecular weight is 391 g/mol. The SMILES string of the molecule is NS(=O)(=O)c1ccc(F)c(C(=O)N2CCNC(=O)[C@H]2Cc2ccccc2)c1. The van der Waals surface area contributed by atoms with Crippen molar-refractivity contribution < 1.29 is 22.4 Å². The molecule has 0 bridgehead atoms. The summed E-state index contributed by atoms with van der Waals surface area (Å²) in [7, 11) is -4.10. The Kier molecular flexibility index (Phi) is 5.24. The molecule has 1 saturated heterocycles. The molecule has 2 amide bonds. The monoisotopic (exact) mass is 391 g/mol. The molecule has 0 spiro atoms. The van der Waals surface area contributed by atoms with Gasteiger partial charge in [-0.3, -0.25) is 9.59 Å². The van der Waals surface area contributed by atoms with E-state index in [2.05, 4.69) is 5.32 Å². The van der Waals surface area contributed by atoms with Crippen LogP contribution in [0.1, 0.15) is 15.9 Å². The number of nitrogens with zero attached hydrogens (tertiary/aromatic N) is 1. The van der Waals surface area contributed by atoms with Crippen LogP contribution in [0.4, 0.5) is 4.39 Å². The van der Waals surface area contributed by atoms with E-state index >= 15 is 0 Å². The second kappa shape index (κ2) is 7.45. The van der Waals surface area contributed by atoms with E-state index in [1.54, 1.807) is 0 Å². The summed E-state index contributed by atoms with van der Waals surface area (Å²) in [6.45, 7) is 0.410. The molecule has 9 heteroatoms. The van der Waals surface area contributed by atoms with E-state index in [0.717, 1.165) is 23.8 Å². The van der Waals surface area contributed by atoms with E-state index in [1.807, 2.05) is 30.3 Å². The Morgan fingerprint density at radius 1 is 1.22 bits per heavy atom. The number of hydrogen-bond acceptors (Lipinski definition) is 4. The van der Waals surface area contributed by atoms with Crippen molar-refractivity contribution in [3.05, 3.63) is 65.5 Å². The summed E-state index contributed by atoms with van der Waals surface area (Å²) in [5.74, 6) is -1.98. The molecule has 2 aromatic carbocycles. The smallest absolute Gasteiger partial charge is 0.257 e. The van der Waals surface area contributed by atoms with Gasteiger partial charge in [0.05, 0.1) is 10.5 Å². The molecule has 1 heterocycles. The topological polar surface area (TPSA) is 110 Å². The summed E-state index contributed by atoms with van der Waals surface area (Å²) in [6.07, 6.45) is 0.259. The minimum Gasteiger partial charge on any atom is -0.353 e. The highest BCUT2D eigenvalue weighted by Crippen LogP contribution is 2.20. The van der Waals surface area contributed by atoms with E-state index in [1.165, 1.54) is 4.90 Å². The maximum absolute atomic E-state index is 14.2. The number of carbonyl (C=O) groups is 2. The number of nitrogens with two attached hydrogens (primary N) is 1. The first-order valence-electron chi connectivity index (χ1n) is 8.22. The lowest BCUT2D eigenvalue weighted by atomic mass is 10.0. The van der Waals surface area contributed by atoms with Crippen molar-refractivity contribution in [2.24, 2.45) is 5.14 Å². The van der Waals surface area contributed by atoms with Gasteiger partial charge in [0.15, 0.2) is 0 Å². The van der Waals surface area contributed by atoms with Crippen molar-refractivity contribution >= 4 is 21.8 Å². The molecule has 142 valence electrons. The average Bonchev–Trinajstić information content (AvgIpc) is 2.63. The zero-order valence-corrected chi connectivity index (χ0v) is 15.1. The zero-order valence-electron chi connectivity index (χ0n) is 14.3. The molecule has 1 atom stereocenters. The molecule has 3 rings (SSSR count). The third kappa shape index (κ3) is 4.15. The Labute approximate surface area is 156 Å². The maximum Gasteiger partial charge on any atom is 0.257 e. The first-order chi connectivity index (χ1) is 12.8. The third-order valence-corrected chi connectivity index (χ3v) is 5.27. The van der Waals surface area contributed by atoms with E-state index < -0.39 is 33.4 Å². The number of benzene rings is 2. The lowest BCUT2D eigenvalue weighted by molar-refractivity contribution is -0.127. The van der Waals surface area contributed by atoms with E-state index in [-0.39, 0.29) is 30.3 Å². The van der Waals surface area contributed by atoms with Crippen LogP contribution in [0.5, 0.6) is 0 Å². The predicted molar refractivity (Wildman–Crippen MR) is 95.8 cm³/mol. The molecule has 0 radical (unpaired) electrons. The number of rotatable bonds is 4. The van der Waals surface area contributed by atoms with E-state index in [9.17, 15) is 22.4 Å². The van der Waals surface area contributed by atoms with Crippen molar-refractivity contribution in [2.75, 3.05) is 13.1 Å². The molecule has 27 heavy (non-hydrogen) atoms. The number of halogens is 1. The maximum atomic E-state index is 14.2. The Bertz CT molecular complexity index is 979. The molecule has 1 aliphatic rings. The number of amides is 2. The fraction of sp³-hybridized carbons (Fsp3) is 0.222. The van der Waals surface area contributed by atoms with E-state index in [0.29, 0.717) is 0 Å². The molecule has 2 aromatic rings. The summed E-state index contributed by atoms with van der Waals surface area (Å²) in [5, 5.41) is 7.76. The number of carbonyl (C=O) groups excluding carboxylic acids is 2. The number of nitrogens with one attached hydrogen (secondary N) is 1. The standard InChI is InChI=1S/C18H18FN3O4S/c19-15-7-6-13(27(20,25)26)11-14(15)18(24)22-9-8-21-17(23)16(22)10-12-4-2-1-3-5-12/h1-7,11,16H,8-10H2,(H,21,23)(H2,20,25,26)/t16-/m1/s1. The van der Waals surface area contributed by atoms with Gasteiger partial charge >= 0.3 is 0 Å². The number of sulfonamides is 1. The van der Waals surface area contributed by atoms with Crippen LogP contribution < -0.4 is 10.5 Å². The van der Waals surface area contributed by atoms with Crippen LogP contribution in [-0.2, 0) is 21.2 Å². The summed E-state index contributed by atoms with van der Waals surface area (Å²) in [5.41, 5.74) is 0.408. The fourth-order valence-corrected chi connectivity index (χ4v) is 3.54. The predicted octanol–water partition coefficient (Wildman–Crippen LogP) is 0.656. The van der Waals surface area contributed by atoms with Crippen LogP contribution in [0.15, 0.2) is 53.4 Å². The largest absolute Gasteiger partial charge is 0.353 e. The Morgan fingerprint density at radius 2 is 1.93 bits per heavy atom. The number of piperazine rings is 1. The van der Waals surface area contributed by atoms with Gasteiger partial charge in [-0.05, 0) is 23.8 Å². The highest BCUT2D eigenvalue weighted by Gasteiger charge is 2.34. The first kappa shape index (κ1) is 19.0. The molecule has 0 saturated carbocycles. The summed E-state index contributed by atoms with van der Waals surface area (Å²) < 4.78 is 37.3. The lowest BCUT2D eigenvalue weighted by Gasteiger charge is -2.35. The van der Waals surface area contributed by atoms with Crippen LogP contribution in [0.25, 0.3) is 0 Å². The van der Waals surface area contributed by atoms with Crippen LogP contribution in [0, 0.1) is 5.82 Å². The minimum atomic E-state index is -4.10. The van der Waals surface area contributed by atoms with Gasteiger partial charge in [0.2, 0.25) is 15.9 Å². The van der Waals surface area contributed by atoms with Gasteiger partial charge in [0.1, 0.15) is 11.9 Å². The van der Waals surface area contributed by atoms with Gasteiger partial charge in [-0.15, -0.1) is 0 Å². The van der Waals surface area contributed by atoms with Gasteiger partial charge < -0.3 is 10.2 Å². The molecule has 0 aliphatic carbocycles. The van der Waals surface area contributed by atoms with Crippen LogP contribution in [0.2, 0.25) is 0 Å². The summed E-state index contributed by atoms with van der Waals surface area (Å²) in [6, 6.07) is 11.1. The molecule has 3 N–H and O–H groups in total. The molecule has 0 unspecified atom stereocenters. The third-order valence-electron chi connectivity index (χ3n) is 4.36.